The van der Waals surface area contributed by atoms with E-state index in [1.165, 1.54) is 0 Å². The van der Waals surface area contributed by atoms with Crippen molar-refractivity contribution in [1.29, 1.82) is 0 Å². The second-order valence-corrected chi connectivity index (χ2v) is 5.34. The molecule has 1 aromatic heterocycles. The highest BCUT2D eigenvalue weighted by molar-refractivity contribution is 5.30. The summed E-state index contributed by atoms with van der Waals surface area (Å²) in [6, 6.07) is 1.85. The third-order valence-corrected chi connectivity index (χ3v) is 3.50. The lowest BCUT2D eigenvalue weighted by atomic mass is 10.1. The van der Waals surface area contributed by atoms with Crippen LogP contribution in [0.2, 0.25) is 0 Å². The normalized spacial score (nSPS) is 16.2. The molecule has 1 aromatic rings. The first-order valence-electron chi connectivity index (χ1n) is 7.34. The SMILES string of the molecule is CCCOc1cc(C(F)(F)F)cc(OCC2CCCC2)n1. The molecule has 21 heavy (non-hydrogen) atoms. The molecule has 1 saturated carbocycles. The van der Waals surface area contributed by atoms with Gasteiger partial charge in [-0.15, -0.1) is 0 Å². The van der Waals surface area contributed by atoms with E-state index >= 15 is 0 Å². The maximum absolute atomic E-state index is 12.9. The van der Waals surface area contributed by atoms with Crippen LogP contribution < -0.4 is 9.47 Å². The molecule has 2 rings (SSSR count). The van der Waals surface area contributed by atoms with E-state index in [4.69, 9.17) is 9.47 Å². The maximum atomic E-state index is 12.9. The van der Waals surface area contributed by atoms with Gasteiger partial charge >= 0.3 is 6.18 Å². The number of alkyl halides is 3. The minimum Gasteiger partial charge on any atom is -0.478 e. The topological polar surface area (TPSA) is 31.4 Å². The van der Waals surface area contributed by atoms with Crippen LogP contribution in [0.15, 0.2) is 12.1 Å². The Kier molecular flexibility index (Phi) is 5.31. The summed E-state index contributed by atoms with van der Waals surface area (Å²) in [6.07, 6.45) is 0.731. The predicted molar refractivity (Wildman–Crippen MR) is 72.5 cm³/mol. The molecule has 0 spiro atoms. The van der Waals surface area contributed by atoms with Crippen LogP contribution in [0.4, 0.5) is 13.2 Å². The minimum absolute atomic E-state index is 0.0113. The number of nitrogens with zero attached hydrogens (tertiary/aromatic N) is 1. The van der Waals surface area contributed by atoms with Gasteiger partial charge in [0.1, 0.15) is 0 Å². The summed E-state index contributed by atoms with van der Waals surface area (Å²) in [4.78, 5) is 4.00. The molecule has 1 fully saturated rings. The Balaban J connectivity index is 2.09. The van der Waals surface area contributed by atoms with E-state index in [1.54, 1.807) is 0 Å². The van der Waals surface area contributed by atoms with Crippen LogP contribution in [0, 0.1) is 5.92 Å². The number of halogens is 3. The van der Waals surface area contributed by atoms with Crippen LogP contribution in [-0.4, -0.2) is 18.2 Å². The molecule has 0 radical (unpaired) electrons. The third kappa shape index (κ3) is 4.79. The zero-order chi connectivity index (χ0) is 15.3. The molecular formula is C15H20F3NO2. The quantitative estimate of drug-likeness (QED) is 0.777. The maximum Gasteiger partial charge on any atom is 0.416 e. The molecule has 0 saturated heterocycles. The van der Waals surface area contributed by atoms with Gasteiger partial charge in [0.05, 0.1) is 18.8 Å². The highest BCUT2D eigenvalue weighted by atomic mass is 19.4. The lowest BCUT2D eigenvalue weighted by Gasteiger charge is -2.14. The number of hydrogen-bond acceptors (Lipinski definition) is 3. The average molecular weight is 303 g/mol. The minimum atomic E-state index is -4.43. The van der Waals surface area contributed by atoms with E-state index in [1.807, 2.05) is 6.92 Å². The van der Waals surface area contributed by atoms with Gasteiger partial charge in [-0.25, -0.2) is 0 Å². The molecule has 0 amide bonds. The van der Waals surface area contributed by atoms with Crippen molar-refractivity contribution in [2.24, 2.45) is 5.92 Å². The summed E-state index contributed by atoms with van der Waals surface area (Å²) in [5, 5.41) is 0. The van der Waals surface area contributed by atoms with E-state index in [2.05, 4.69) is 4.98 Å². The van der Waals surface area contributed by atoms with Crippen molar-refractivity contribution in [2.75, 3.05) is 13.2 Å². The van der Waals surface area contributed by atoms with Crippen LogP contribution in [0.25, 0.3) is 0 Å². The Morgan fingerprint density at radius 2 is 1.76 bits per heavy atom. The summed E-state index contributed by atoms with van der Waals surface area (Å²) in [7, 11) is 0. The zero-order valence-corrected chi connectivity index (χ0v) is 12.1. The van der Waals surface area contributed by atoms with Crippen molar-refractivity contribution in [3.63, 3.8) is 0 Å². The summed E-state index contributed by atoms with van der Waals surface area (Å²) in [5.41, 5.74) is -0.787. The number of rotatable bonds is 6. The molecular weight excluding hydrogens is 283 g/mol. The fourth-order valence-electron chi connectivity index (χ4n) is 2.38. The molecule has 1 aliphatic carbocycles. The fourth-order valence-corrected chi connectivity index (χ4v) is 2.38. The molecule has 118 valence electrons. The summed E-state index contributed by atoms with van der Waals surface area (Å²) < 4.78 is 49.3. The fraction of sp³-hybridized carbons (Fsp3) is 0.667. The van der Waals surface area contributed by atoms with Gasteiger partial charge in [-0.3, -0.25) is 0 Å². The molecule has 0 aliphatic heterocycles. The summed E-state index contributed by atoms with van der Waals surface area (Å²) in [6.45, 7) is 2.63. The van der Waals surface area contributed by atoms with Crippen LogP contribution >= 0.6 is 0 Å². The molecule has 6 heteroatoms. The van der Waals surface area contributed by atoms with E-state index in [-0.39, 0.29) is 11.8 Å². The monoisotopic (exact) mass is 303 g/mol. The molecule has 0 aromatic carbocycles. The second-order valence-electron chi connectivity index (χ2n) is 5.34. The average Bonchev–Trinajstić information content (AvgIpc) is 2.95. The lowest BCUT2D eigenvalue weighted by molar-refractivity contribution is -0.137. The Labute approximate surface area is 122 Å². The Hall–Kier alpha value is -1.46. The van der Waals surface area contributed by atoms with Crippen molar-refractivity contribution in [2.45, 2.75) is 45.2 Å². The van der Waals surface area contributed by atoms with Crippen LogP contribution in [0.3, 0.4) is 0 Å². The highest BCUT2D eigenvalue weighted by Gasteiger charge is 2.32. The van der Waals surface area contributed by atoms with Crippen molar-refractivity contribution in [3.8, 4) is 11.8 Å². The van der Waals surface area contributed by atoms with Gasteiger partial charge in [-0.05, 0) is 25.2 Å². The van der Waals surface area contributed by atoms with Crippen LogP contribution in [-0.2, 0) is 6.18 Å². The number of ether oxygens (including phenoxy) is 2. The zero-order valence-electron chi connectivity index (χ0n) is 12.1. The van der Waals surface area contributed by atoms with Gasteiger partial charge in [-0.2, -0.15) is 18.2 Å². The van der Waals surface area contributed by atoms with Crippen molar-refractivity contribution < 1.29 is 22.6 Å². The number of aromatic nitrogens is 1. The molecule has 0 bridgehead atoms. The van der Waals surface area contributed by atoms with Crippen LogP contribution in [0.5, 0.6) is 11.8 Å². The Morgan fingerprint density at radius 1 is 1.14 bits per heavy atom. The van der Waals surface area contributed by atoms with Crippen molar-refractivity contribution in [1.82, 2.24) is 4.98 Å². The lowest BCUT2D eigenvalue weighted by Crippen LogP contribution is -2.12. The largest absolute Gasteiger partial charge is 0.478 e. The van der Waals surface area contributed by atoms with Gasteiger partial charge in [-0.1, -0.05) is 19.8 Å². The van der Waals surface area contributed by atoms with E-state index in [9.17, 15) is 13.2 Å². The van der Waals surface area contributed by atoms with Gasteiger partial charge < -0.3 is 9.47 Å². The first-order valence-corrected chi connectivity index (χ1v) is 7.34. The van der Waals surface area contributed by atoms with E-state index in [0.717, 1.165) is 37.8 Å². The molecule has 1 heterocycles. The third-order valence-electron chi connectivity index (χ3n) is 3.50. The first-order chi connectivity index (χ1) is 9.99. The van der Waals surface area contributed by atoms with Crippen LogP contribution in [0.1, 0.15) is 44.6 Å². The highest BCUT2D eigenvalue weighted by Crippen LogP contribution is 2.34. The number of pyridine rings is 1. The molecule has 0 atom stereocenters. The molecule has 3 nitrogen and oxygen atoms in total. The second kappa shape index (κ2) is 7.00. The standard InChI is InChI=1S/C15H20F3NO2/c1-2-7-20-13-8-12(15(16,17)18)9-14(19-13)21-10-11-5-3-4-6-11/h8-9,11H,2-7,10H2,1H3. The summed E-state index contributed by atoms with van der Waals surface area (Å²) in [5.74, 6) is 0.372. The van der Waals surface area contributed by atoms with Gasteiger partial charge in [0.25, 0.3) is 0 Å². The summed E-state index contributed by atoms with van der Waals surface area (Å²) >= 11 is 0. The van der Waals surface area contributed by atoms with Gasteiger partial charge in [0, 0.05) is 12.1 Å². The van der Waals surface area contributed by atoms with Crippen molar-refractivity contribution in [3.05, 3.63) is 17.7 Å². The smallest absolute Gasteiger partial charge is 0.416 e. The van der Waals surface area contributed by atoms with E-state index < -0.39 is 11.7 Å². The van der Waals surface area contributed by atoms with E-state index in [0.29, 0.717) is 25.6 Å². The molecule has 0 N–H and O–H groups in total. The molecule has 0 unspecified atom stereocenters. The first kappa shape index (κ1) is 15.9. The van der Waals surface area contributed by atoms with Gasteiger partial charge in [0.2, 0.25) is 11.8 Å². The predicted octanol–water partition coefficient (Wildman–Crippen LogP) is 4.46. The molecule has 1 aliphatic rings. The number of hydrogen-bond donors (Lipinski definition) is 0. The Morgan fingerprint density at radius 3 is 2.33 bits per heavy atom. The Bertz CT molecular complexity index is 457. The van der Waals surface area contributed by atoms with Gasteiger partial charge in [0.15, 0.2) is 0 Å². The van der Waals surface area contributed by atoms with Crippen molar-refractivity contribution >= 4 is 0 Å².